The predicted molar refractivity (Wildman–Crippen MR) is 219 cm³/mol. The summed E-state index contributed by atoms with van der Waals surface area (Å²) in [6.45, 7) is 29.0. The SMILES string of the molecule is CC(C)[Si](C#CC1=CC=C2C=c3cccc(C#C[Si](C(C)C)(C(C)C)C(C)C)c3=C3C=CC4=C5C=CC=CC5C=CC14C23)(C(C)C)C(C)C. The summed E-state index contributed by atoms with van der Waals surface area (Å²) in [5.41, 5.74) is 19.5. The molecule has 0 heterocycles. The van der Waals surface area contributed by atoms with Crippen LogP contribution in [0.2, 0.25) is 33.2 Å². The minimum absolute atomic E-state index is 0.164. The van der Waals surface area contributed by atoms with Crippen molar-refractivity contribution >= 4 is 27.8 Å². The van der Waals surface area contributed by atoms with E-state index >= 15 is 0 Å². The minimum atomic E-state index is -1.95. The zero-order chi connectivity index (χ0) is 35.5. The van der Waals surface area contributed by atoms with Gasteiger partial charge in [-0.1, -0.05) is 168 Å². The van der Waals surface area contributed by atoms with Gasteiger partial charge in [-0.05, 0) is 72.9 Å². The molecule has 2 heteroatoms. The molecule has 0 nitrogen and oxygen atoms in total. The van der Waals surface area contributed by atoms with Gasteiger partial charge in [-0.2, -0.15) is 0 Å². The van der Waals surface area contributed by atoms with Crippen molar-refractivity contribution in [3.05, 3.63) is 117 Å². The van der Waals surface area contributed by atoms with Crippen LogP contribution in [-0.2, 0) is 0 Å². The van der Waals surface area contributed by atoms with Gasteiger partial charge >= 0.3 is 0 Å². The van der Waals surface area contributed by atoms with Gasteiger partial charge in [0, 0.05) is 28.2 Å². The summed E-state index contributed by atoms with van der Waals surface area (Å²) in [4.78, 5) is 0. The average molecular weight is 679 g/mol. The molecule has 5 aliphatic carbocycles. The van der Waals surface area contributed by atoms with Gasteiger partial charge in [0.05, 0.1) is 5.41 Å². The Kier molecular flexibility index (Phi) is 9.50. The number of hydrogen-bond donors (Lipinski definition) is 0. The van der Waals surface area contributed by atoms with E-state index in [0.717, 1.165) is 0 Å². The average Bonchev–Trinajstić information content (AvgIpc) is 3.04. The molecule has 6 rings (SSSR count). The molecule has 0 N–H and O–H groups in total. The lowest BCUT2D eigenvalue weighted by Gasteiger charge is -2.50. The van der Waals surface area contributed by atoms with E-state index < -0.39 is 16.1 Å². The normalized spacial score (nSPS) is 23.5. The van der Waals surface area contributed by atoms with Crippen LogP contribution in [0, 0.1) is 40.2 Å². The van der Waals surface area contributed by atoms with Crippen LogP contribution in [0.3, 0.4) is 0 Å². The Labute approximate surface area is 300 Å². The van der Waals surface area contributed by atoms with Gasteiger partial charge in [0.2, 0.25) is 0 Å². The van der Waals surface area contributed by atoms with E-state index in [4.69, 9.17) is 0 Å². The van der Waals surface area contributed by atoms with Crippen LogP contribution >= 0.6 is 0 Å². The highest BCUT2D eigenvalue weighted by molar-refractivity contribution is 6.91. The highest BCUT2D eigenvalue weighted by Gasteiger charge is 2.52. The highest BCUT2D eigenvalue weighted by atomic mass is 28.3. The predicted octanol–water partition coefficient (Wildman–Crippen LogP) is 11.1. The van der Waals surface area contributed by atoms with Crippen LogP contribution in [0.5, 0.6) is 0 Å². The van der Waals surface area contributed by atoms with Gasteiger partial charge in [-0.3, -0.25) is 0 Å². The summed E-state index contributed by atoms with van der Waals surface area (Å²) >= 11 is 0. The number of benzene rings is 1. The molecular formula is C47H58Si2. The Morgan fingerprint density at radius 2 is 1.24 bits per heavy atom. The summed E-state index contributed by atoms with van der Waals surface area (Å²) in [6, 6.07) is 6.80. The van der Waals surface area contributed by atoms with Crippen LogP contribution in [-0.4, -0.2) is 16.1 Å². The maximum Gasteiger partial charge on any atom is 0.146 e. The van der Waals surface area contributed by atoms with Gasteiger partial charge in [-0.15, -0.1) is 11.1 Å². The van der Waals surface area contributed by atoms with Crippen LogP contribution in [0.4, 0.5) is 0 Å². The van der Waals surface area contributed by atoms with Crippen molar-refractivity contribution in [2.24, 2.45) is 17.3 Å². The lowest BCUT2D eigenvalue weighted by Crippen LogP contribution is -2.47. The third-order valence-corrected chi connectivity index (χ3v) is 25.7. The molecule has 49 heavy (non-hydrogen) atoms. The molecule has 0 saturated heterocycles. The van der Waals surface area contributed by atoms with Crippen molar-refractivity contribution in [3.8, 4) is 22.9 Å². The number of hydrogen-bond acceptors (Lipinski definition) is 0. The Morgan fingerprint density at radius 1 is 0.633 bits per heavy atom. The number of allylic oxidation sites excluding steroid dienone is 14. The fourth-order valence-electron chi connectivity index (χ4n) is 10.8. The van der Waals surface area contributed by atoms with Gasteiger partial charge in [0.25, 0.3) is 0 Å². The Balaban J connectivity index is 1.66. The van der Waals surface area contributed by atoms with Gasteiger partial charge in [0.15, 0.2) is 0 Å². The molecule has 0 radical (unpaired) electrons. The van der Waals surface area contributed by atoms with Crippen molar-refractivity contribution in [3.63, 3.8) is 0 Å². The summed E-state index contributed by atoms with van der Waals surface area (Å²) in [7, 11) is -3.85. The van der Waals surface area contributed by atoms with Crippen molar-refractivity contribution in [2.75, 3.05) is 0 Å². The van der Waals surface area contributed by atoms with E-state index in [1.807, 2.05) is 0 Å². The molecule has 0 aromatic heterocycles. The van der Waals surface area contributed by atoms with E-state index in [-0.39, 0.29) is 11.3 Å². The van der Waals surface area contributed by atoms with Crippen molar-refractivity contribution in [1.82, 2.24) is 0 Å². The first-order chi connectivity index (χ1) is 23.2. The summed E-state index contributed by atoms with van der Waals surface area (Å²) in [5, 5.41) is 2.62. The molecule has 0 aliphatic heterocycles. The largest absolute Gasteiger partial charge is 0.146 e. The molecule has 3 atom stereocenters. The van der Waals surface area contributed by atoms with Crippen LogP contribution in [0.15, 0.2) is 101 Å². The molecular weight excluding hydrogens is 621 g/mol. The minimum Gasteiger partial charge on any atom is -0.125 e. The lowest BCUT2D eigenvalue weighted by atomic mass is 9.52. The topological polar surface area (TPSA) is 0 Å². The highest BCUT2D eigenvalue weighted by Crippen LogP contribution is 2.60. The molecule has 1 aromatic carbocycles. The van der Waals surface area contributed by atoms with Crippen LogP contribution < -0.4 is 10.4 Å². The number of rotatable bonds is 6. The zero-order valence-electron chi connectivity index (χ0n) is 32.2. The van der Waals surface area contributed by atoms with E-state index in [0.29, 0.717) is 39.2 Å². The summed E-state index contributed by atoms with van der Waals surface area (Å²) in [6.07, 6.45) is 26.2. The Morgan fingerprint density at radius 3 is 1.86 bits per heavy atom. The lowest BCUT2D eigenvalue weighted by molar-refractivity contribution is 0.456. The summed E-state index contributed by atoms with van der Waals surface area (Å²) < 4.78 is 0. The zero-order valence-corrected chi connectivity index (χ0v) is 34.2. The van der Waals surface area contributed by atoms with Crippen LogP contribution in [0.1, 0.15) is 88.6 Å². The maximum absolute atomic E-state index is 4.14. The van der Waals surface area contributed by atoms with Crippen LogP contribution in [0.25, 0.3) is 11.6 Å². The van der Waals surface area contributed by atoms with E-state index in [1.54, 1.807) is 0 Å². The Hall–Kier alpha value is -3.31. The standard InChI is InChI=1S/C47H58Si2/c1-31(2)48(32(3)4,33(5)6)28-25-38-17-15-18-39-30-40-20-21-41(26-29-49(34(7)8,35(9)10)36(11)12)47-27-24-37-16-13-14-19-42(37)44(47)23-22-43(45(38)39)46(40)47/h13-24,27,30-37,46H,1-12H3. The van der Waals surface area contributed by atoms with Crippen molar-refractivity contribution < 1.29 is 0 Å². The fourth-order valence-corrected chi connectivity index (χ4v) is 21.3. The monoisotopic (exact) mass is 678 g/mol. The quantitative estimate of drug-likeness (QED) is 0.160. The molecule has 0 fully saturated rings. The third-order valence-electron chi connectivity index (χ3n) is 13.1. The van der Waals surface area contributed by atoms with E-state index in [9.17, 15) is 0 Å². The van der Waals surface area contributed by atoms with Gasteiger partial charge in [-0.25, -0.2) is 0 Å². The molecule has 0 bridgehead atoms. The second-order valence-corrected chi connectivity index (χ2v) is 28.2. The molecule has 1 aromatic rings. The Bertz CT molecular complexity index is 1960. The van der Waals surface area contributed by atoms with Crippen molar-refractivity contribution in [1.29, 1.82) is 0 Å². The van der Waals surface area contributed by atoms with Crippen molar-refractivity contribution in [2.45, 2.75) is 116 Å². The van der Waals surface area contributed by atoms with E-state index in [2.05, 4.69) is 191 Å². The molecule has 5 aliphatic rings. The summed E-state index contributed by atoms with van der Waals surface area (Å²) in [5.74, 6) is 8.38. The van der Waals surface area contributed by atoms with Gasteiger partial charge < -0.3 is 0 Å². The number of fused-ring (bicyclic) bond motifs is 2. The molecule has 1 spiro atoms. The van der Waals surface area contributed by atoms with E-state index in [1.165, 1.54) is 43.9 Å². The fraction of sp³-hybridized carbons (Fsp3) is 0.447. The second-order valence-electron chi connectivity index (χ2n) is 17.0. The van der Waals surface area contributed by atoms with Gasteiger partial charge in [0.1, 0.15) is 16.1 Å². The first-order valence-corrected chi connectivity index (χ1v) is 23.5. The molecule has 3 unspecified atom stereocenters. The first-order valence-electron chi connectivity index (χ1n) is 19.0. The third kappa shape index (κ3) is 5.32. The smallest absolute Gasteiger partial charge is 0.125 e. The maximum atomic E-state index is 4.14. The molecule has 254 valence electrons. The first kappa shape index (κ1) is 35.5. The molecule has 0 saturated carbocycles. The second kappa shape index (κ2) is 13.1. The molecule has 0 amide bonds.